The molecule has 0 saturated heterocycles. The Labute approximate surface area is 84.7 Å². The van der Waals surface area contributed by atoms with Gasteiger partial charge in [-0.2, -0.15) is 12.8 Å². The van der Waals surface area contributed by atoms with Crippen molar-refractivity contribution in [3.05, 3.63) is 6.42 Å². The van der Waals surface area contributed by atoms with Crippen molar-refractivity contribution >= 4 is 23.1 Å². The summed E-state index contributed by atoms with van der Waals surface area (Å²) in [5, 5.41) is 0. The molecule has 1 unspecified atom stereocenters. The van der Waals surface area contributed by atoms with Crippen molar-refractivity contribution in [3.63, 3.8) is 0 Å². The van der Waals surface area contributed by atoms with E-state index in [1.807, 2.05) is 0 Å². The molecule has 1 saturated carbocycles. The van der Waals surface area contributed by atoms with Crippen LogP contribution in [0.25, 0.3) is 0 Å². The minimum Gasteiger partial charge on any atom is -1.00 e. The molecule has 1 aliphatic carbocycles. The largest absolute Gasteiger partial charge is 2.00 e. The van der Waals surface area contributed by atoms with E-state index in [0.717, 1.165) is 5.92 Å². The molecule has 2 heteroatoms. The molecule has 0 aromatic heterocycles. The van der Waals surface area contributed by atoms with Gasteiger partial charge in [0.15, 0.2) is 0 Å². The minimum absolute atomic E-state index is 0. The van der Waals surface area contributed by atoms with Crippen molar-refractivity contribution in [1.82, 2.24) is 0 Å². The zero-order chi connectivity index (χ0) is 5.11. The van der Waals surface area contributed by atoms with Crippen molar-refractivity contribution in [3.8, 4) is 0 Å². The monoisotopic (exact) mass is 200 g/mol. The van der Waals surface area contributed by atoms with E-state index in [4.69, 9.17) is 0 Å². The molecule has 50 valence electrons. The Morgan fingerprint density at radius 1 is 1.44 bits per heavy atom. The average Bonchev–Trinajstić information content (AvgIpc) is 1.69. The fourth-order valence-electron chi connectivity index (χ4n) is 1.13. The Morgan fingerprint density at radius 2 is 2.11 bits per heavy atom. The van der Waals surface area contributed by atoms with Crippen molar-refractivity contribution < 1.29 is 17.0 Å². The maximum Gasteiger partial charge on any atom is 2.00 e. The predicted octanol–water partition coefficient (Wildman–Crippen LogP) is -0.976. The third-order valence-corrected chi connectivity index (χ3v) is 1.67. The molecule has 0 N–H and O–H groups in total. The maximum atomic E-state index is 2.41. The number of hydrogen-bond donors (Lipinski definition) is 0. The van der Waals surface area contributed by atoms with Gasteiger partial charge in [0.25, 0.3) is 0 Å². The van der Waals surface area contributed by atoms with Crippen molar-refractivity contribution in [2.75, 3.05) is 0 Å². The second kappa shape index (κ2) is 7.35. The van der Waals surface area contributed by atoms with Crippen LogP contribution in [-0.4, -0.2) is 23.1 Å². The van der Waals surface area contributed by atoms with E-state index < -0.39 is 0 Å². The number of halogens is 1. The molecular weight excluding hydrogens is 188 g/mol. The second-order valence-electron chi connectivity index (χ2n) is 2.56. The zero-order valence-electron chi connectivity index (χ0n) is 6.07. The second-order valence-corrected chi connectivity index (χ2v) is 2.56. The fourth-order valence-corrected chi connectivity index (χ4v) is 1.13. The summed E-state index contributed by atoms with van der Waals surface area (Å²) in [4.78, 5) is 0. The molecule has 0 aromatic rings. The molecule has 1 rings (SSSR count). The molecular formula is C7H13BrMg. The summed E-state index contributed by atoms with van der Waals surface area (Å²) in [7, 11) is 0. The minimum atomic E-state index is 0. The first-order chi connectivity index (χ1) is 3.39. The van der Waals surface area contributed by atoms with Gasteiger partial charge in [0.2, 0.25) is 0 Å². The third kappa shape index (κ3) is 5.68. The number of hydrogen-bond acceptors (Lipinski definition) is 0. The quantitative estimate of drug-likeness (QED) is 0.349. The molecule has 0 aromatic carbocycles. The van der Waals surface area contributed by atoms with Gasteiger partial charge in [-0.05, 0) is 0 Å². The van der Waals surface area contributed by atoms with E-state index in [1.54, 1.807) is 0 Å². The van der Waals surface area contributed by atoms with E-state index >= 15 is 0 Å². The van der Waals surface area contributed by atoms with Crippen molar-refractivity contribution in [1.29, 1.82) is 0 Å². The molecule has 0 radical (unpaired) electrons. The summed E-state index contributed by atoms with van der Waals surface area (Å²) in [5.74, 6) is 0.980. The molecule has 0 nitrogen and oxygen atoms in total. The zero-order valence-corrected chi connectivity index (χ0v) is 9.07. The van der Waals surface area contributed by atoms with Gasteiger partial charge in [-0.15, -0.1) is 0 Å². The summed E-state index contributed by atoms with van der Waals surface area (Å²) in [5.41, 5.74) is 0. The van der Waals surface area contributed by atoms with Crippen LogP contribution in [0, 0.1) is 12.3 Å². The fraction of sp³-hybridized carbons (Fsp3) is 0.857. The van der Waals surface area contributed by atoms with Gasteiger partial charge in [-0.3, -0.25) is 0 Å². The first kappa shape index (κ1) is 12.9. The molecule has 0 bridgehead atoms. The molecule has 0 amide bonds. The van der Waals surface area contributed by atoms with Crippen LogP contribution in [0.4, 0.5) is 0 Å². The Kier molecular flexibility index (Phi) is 10.5. The van der Waals surface area contributed by atoms with E-state index in [9.17, 15) is 0 Å². The summed E-state index contributed by atoms with van der Waals surface area (Å²) in [6.45, 7) is 2.33. The van der Waals surface area contributed by atoms with Crippen LogP contribution in [0.2, 0.25) is 0 Å². The summed E-state index contributed by atoms with van der Waals surface area (Å²) in [6, 6.07) is 0. The Bertz CT molecular complexity index is 50.9. The van der Waals surface area contributed by atoms with E-state index in [-0.39, 0.29) is 40.0 Å². The predicted molar refractivity (Wildman–Crippen MR) is 37.7 cm³/mol. The van der Waals surface area contributed by atoms with Crippen LogP contribution < -0.4 is 17.0 Å². The molecule has 0 heterocycles. The smallest absolute Gasteiger partial charge is 1.00 e. The molecule has 1 atom stereocenters. The average molecular weight is 201 g/mol. The van der Waals surface area contributed by atoms with Gasteiger partial charge in [0.05, 0.1) is 0 Å². The first-order valence-corrected chi connectivity index (χ1v) is 3.21. The summed E-state index contributed by atoms with van der Waals surface area (Å²) < 4.78 is 0. The Hall–Kier alpha value is 1.25. The Balaban J connectivity index is 0. The van der Waals surface area contributed by atoms with Crippen LogP contribution >= 0.6 is 0 Å². The van der Waals surface area contributed by atoms with Gasteiger partial charge in [-0.25, -0.2) is 0 Å². The molecule has 9 heavy (non-hydrogen) atoms. The molecule has 0 spiro atoms. The molecule has 1 fully saturated rings. The molecule has 1 aliphatic rings. The van der Waals surface area contributed by atoms with Crippen LogP contribution in [0.1, 0.15) is 32.6 Å². The van der Waals surface area contributed by atoms with Gasteiger partial charge in [-0.1, -0.05) is 25.7 Å². The van der Waals surface area contributed by atoms with E-state index in [0.29, 0.717) is 0 Å². The molecule has 0 aliphatic heterocycles. The first-order valence-electron chi connectivity index (χ1n) is 3.21. The van der Waals surface area contributed by atoms with Gasteiger partial charge < -0.3 is 23.4 Å². The van der Waals surface area contributed by atoms with E-state index in [1.165, 1.54) is 25.7 Å². The summed E-state index contributed by atoms with van der Waals surface area (Å²) in [6.07, 6.45) is 8.02. The van der Waals surface area contributed by atoms with Crippen LogP contribution in [-0.2, 0) is 0 Å². The maximum absolute atomic E-state index is 2.41. The normalized spacial score (nSPS) is 25.7. The van der Waals surface area contributed by atoms with E-state index in [2.05, 4.69) is 13.3 Å². The van der Waals surface area contributed by atoms with Gasteiger partial charge >= 0.3 is 23.1 Å². The van der Waals surface area contributed by atoms with Crippen LogP contribution in [0.15, 0.2) is 0 Å². The van der Waals surface area contributed by atoms with Gasteiger partial charge in [0, 0.05) is 0 Å². The number of rotatable bonds is 0. The third-order valence-electron chi connectivity index (χ3n) is 1.67. The van der Waals surface area contributed by atoms with Crippen LogP contribution in [0.3, 0.4) is 0 Å². The SMILES string of the molecule is CC1C[CH-]CCC1.[Br-].[Mg+2]. The topological polar surface area (TPSA) is 0 Å². The van der Waals surface area contributed by atoms with Crippen LogP contribution in [0.5, 0.6) is 0 Å². The van der Waals surface area contributed by atoms with Crippen molar-refractivity contribution in [2.45, 2.75) is 32.6 Å². The van der Waals surface area contributed by atoms with Gasteiger partial charge in [0.1, 0.15) is 0 Å². The Morgan fingerprint density at radius 3 is 2.33 bits per heavy atom. The van der Waals surface area contributed by atoms with Crippen molar-refractivity contribution in [2.24, 2.45) is 5.92 Å². The summed E-state index contributed by atoms with van der Waals surface area (Å²) >= 11 is 0. The standard InChI is InChI=1S/C7H13.BrH.Mg/c1-7-5-3-2-4-6-7;;/h3,7H,2,4-6H2,1H3;1H;/q-1;;+2/p-1.